The number of nitrogens with zero attached hydrogens (tertiary/aromatic N) is 1. The summed E-state index contributed by atoms with van der Waals surface area (Å²) in [6, 6.07) is 0. The fourth-order valence-corrected chi connectivity index (χ4v) is 2.70. The first kappa shape index (κ1) is 14.0. The van der Waals surface area contributed by atoms with Crippen LogP contribution in [0.3, 0.4) is 0 Å². The number of hydrogen-bond acceptors (Lipinski definition) is 3. The molecule has 1 aliphatic carbocycles. The molecule has 0 saturated heterocycles. The molecule has 19 heavy (non-hydrogen) atoms. The normalized spacial score (nSPS) is 18.4. The molecule has 0 aliphatic heterocycles. The fourth-order valence-electron chi connectivity index (χ4n) is 2.70. The molecule has 0 amide bonds. The largest absolute Gasteiger partial charge is 0.408 e. The molecule has 0 radical (unpaired) electrons. The van der Waals surface area contributed by atoms with Gasteiger partial charge in [-0.15, -0.1) is 0 Å². The van der Waals surface area contributed by atoms with Gasteiger partial charge in [-0.1, -0.05) is 38.2 Å². The zero-order valence-corrected chi connectivity index (χ0v) is 11.9. The lowest BCUT2D eigenvalue weighted by atomic mass is 9.91. The SMILES string of the molecule is C/C=C\c1nc(C2CCCCCCC2)oc(=O)c1C. The van der Waals surface area contributed by atoms with Crippen molar-refractivity contribution in [2.75, 3.05) is 0 Å². The Hall–Kier alpha value is -1.38. The third-order valence-corrected chi connectivity index (χ3v) is 3.90. The Balaban J connectivity index is 2.30. The second-order valence-corrected chi connectivity index (χ2v) is 5.39. The van der Waals surface area contributed by atoms with Gasteiger partial charge in [-0.25, -0.2) is 9.78 Å². The van der Waals surface area contributed by atoms with Crippen LogP contribution in [0.25, 0.3) is 6.08 Å². The molecule has 104 valence electrons. The third kappa shape index (κ3) is 3.55. The van der Waals surface area contributed by atoms with E-state index in [4.69, 9.17) is 4.42 Å². The van der Waals surface area contributed by atoms with Gasteiger partial charge in [-0.3, -0.25) is 0 Å². The first-order chi connectivity index (χ1) is 9.22. The van der Waals surface area contributed by atoms with Crippen LogP contribution in [0.5, 0.6) is 0 Å². The monoisotopic (exact) mass is 261 g/mol. The highest BCUT2D eigenvalue weighted by atomic mass is 16.4. The molecule has 0 spiro atoms. The van der Waals surface area contributed by atoms with Crippen LogP contribution in [-0.4, -0.2) is 4.98 Å². The quantitative estimate of drug-likeness (QED) is 0.801. The Bertz CT molecular complexity index is 494. The van der Waals surface area contributed by atoms with Crippen LogP contribution >= 0.6 is 0 Å². The molecule has 3 heteroatoms. The summed E-state index contributed by atoms with van der Waals surface area (Å²) in [5, 5.41) is 0. The minimum Gasteiger partial charge on any atom is -0.408 e. The van der Waals surface area contributed by atoms with Crippen molar-refractivity contribution < 1.29 is 4.42 Å². The van der Waals surface area contributed by atoms with E-state index in [0.29, 0.717) is 17.4 Å². The highest BCUT2D eigenvalue weighted by Gasteiger charge is 2.19. The summed E-state index contributed by atoms with van der Waals surface area (Å²) in [5.41, 5.74) is 1.13. The lowest BCUT2D eigenvalue weighted by Crippen LogP contribution is -2.14. The van der Waals surface area contributed by atoms with E-state index in [-0.39, 0.29) is 5.63 Å². The fraction of sp³-hybridized carbons (Fsp3) is 0.625. The maximum Gasteiger partial charge on any atom is 0.342 e. The van der Waals surface area contributed by atoms with Gasteiger partial charge in [0.05, 0.1) is 11.3 Å². The first-order valence-corrected chi connectivity index (χ1v) is 7.36. The molecule has 1 fully saturated rings. The van der Waals surface area contributed by atoms with Crippen molar-refractivity contribution in [3.05, 3.63) is 33.6 Å². The zero-order chi connectivity index (χ0) is 13.7. The van der Waals surface area contributed by atoms with Crippen molar-refractivity contribution in [1.29, 1.82) is 0 Å². The van der Waals surface area contributed by atoms with E-state index in [9.17, 15) is 4.79 Å². The summed E-state index contributed by atoms with van der Waals surface area (Å²) in [6.45, 7) is 3.71. The maximum atomic E-state index is 11.9. The topological polar surface area (TPSA) is 43.1 Å². The Morgan fingerprint density at radius 3 is 2.42 bits per heavy atom. The molecular formula is C16H23NO2. The van der Waals surface area contributed by atoms with Crippen molar-refractivity contribution in [3.8, 4) is 0 Å². The second-order valence-electron chi connectivity index (χ2n) is 5.39. The molecule has 2 rings (SSSR count). The third-order valence-electron chi connectivity index (χ3n) is 3.90. The Morgan fingerprint density at radius 1 is 1.16 bits per heavy atom. The Labute approximate surface area is 114 Å². The summed E-state index contributed by atoms with van der Waals surface area (Å²) in [5.74, 6) is 0.961. The molecule has 1 aliphatic rings. The highest BCUT2D eigenvalue weighted by Crippen LogP contribution is 2.29. The van der Waals surface area contributed by atoms with Gasteiger partial charge in [0, 0.05) is 5.92 Å². The van der Waals surface area contributed by atoms with E-state index in [1.165, 1.54) is 32.1 Å². The van der Waals surface area contributed by atoms with Crippen LogP contribution < -0.4 is 5.63 Å². The number of hydrogen-bond donors (Lipinski definition) is 0. The van der Waals surface area contributed by atoms with Crippen LogP contribution in [0, 0.1) is 6.92 Å². The van der Waals surface area contributed by atoms with Gasteiger partial charge in [0.1, 0.15) is 0 Å². The van der Waals surface area contributed by atoms with Crippen molar-refractivity contribution in [3.63, 3.8) is 0 Å². The lowest BCUT2D eigenvalue weighted by Gasteiger charge is -2.18. The van der Waals surface area contributed by atoms with Crippen molar-refractivity contribution >= 4 is 6.08 Å². The minimum atomic E-state index is -0.236. The van der Waals surface area contributed by atoms with Gasteiger partial charge < -0.3 is 4.42 Å². The molecule has 0 aromatic carbocycles. The van der Waals surface area contributed by atoms with Crippen molar-refractivity contribution in [2.24, 2.45) is 0 Å². The summed E-state index contributed by atoms with van der Waals surface area (Å²) >= 11 is 0. The van der Waals surface area contributed by atoms with Crippen LogP contribution in [0.1, 0.15) is 74.9 Å². The van der Waals surface area contributed by atoms with Gasteiger partial charge >= 0.3 is 5.63 Å². The van der Waals surface area contributed by atoms with Crippen LogP contribution in [-0.2, 0) is 0 Å². The smallest absolute Gasteiger partial charge is 0.342 e. The highest BCUT2D eigenvalue weighted by molar-refractivity contribution is 5.47. The maximum absolute atomic E-state index is 11.9. The number of rotatable bonds is 2. The molecule has 0 atom stereocenters. The molecule has 0 N–H and O–H groups in total. The predicted octanol–water partition coefficient (Wildman–Crippen LogP) is 4.20. The van der Waals surface area contributed by atoms with Gasteiger partial charge in [0.25, 0.3) is 0 Å². The van der Waals surface area contributed by atoms with E-state index in [1.54, 1.807) is 6.92 Å². The summed E-state index contributed by atoms with van der Waals surface area (Å²) in [4.78, 5) is 16.5. The first-order valence-electron chi connectivity index (χ1n) is 7.36. The molecule has 1 aromatic rings. The average Bonchev–Trinajstić information content (AvgIpc) is 2.34. The standard InChI is InChI=1S/C16H23NO2/c1-3-9-14-12(2)16(18)19-15(17-14)13-10-7-5-4-6-8-11-13/h3,9,13H,4-8,10-11H2,1-2H3/b9-3-. The Kier molecular flexibility index (Phi) is 4.94. The number of aromatic nitrogens is 1. The van der Waals surface area contributed by atoms with E-state index in [1.807, 2.05) is 19.1 Å². The lowest BCUT2D eigenvalue weighted by molar-refractivity contribution is 0.346. The van der Waals surface area contributed by atoms with E-state index >= 15 is 0 Å². The summed E-state index contributed by atoms with van der Waals surface area (Å²) in [6.07, 6.45) is 12.3. The van der Waals surface area contributed by atoms with Crippen molar-refractivity contribution in [1.82, 2.24) is 4.98 Å². The molecule has 0 bridgehead atoms. The van der Waals surface area contributed by atoms with Gasteiger partial charge in [0.15, 0.2) is 0 Å². The molecular weight excluding hydrogens is 238 g/mol. The van der Waals surface area contributed by atoms with Gasteiger partial charge in [-0.05, 0) is 32.8 Å². The molecule has 1 heterocycles. The minimum absolute atomic E-state index is 0.236. The predicted molar refractivity (Wildman–Crippen MR) is 77.3 cm³/mol. The van der Waals surface area contributed by atoms with Crippen LogP contribution in [0.2, 0.25) is 0 Å². The molecule has 1 aromatic heterocycles. The van der Waals surface area contributed by atoms with Gasteiger partial charge in [-0.2, -0.15) is 0 Å². The molecule has 3 nitrogen and oxygen atoms in total. The van der Waals surface area contributed by atoms with E-state index in [2.05, 4.69) is 4.98 Å². The second kappa shape index (κ2) is 6.69. The summed E-state index contributed by atoms with van der Waals surface area (Å²) in [7, 11) is 0. The zero-order valence-electron chi connectivity index (χ0n) is 11.9. The van der Waals surface area contributed by atoms with E-state index in [0.717, 1.165) is 18.5 Å². The van der Waals surface area contributed by atoms with E-state index < -0.39 is 0 Å². The van der Waals surface area contributed by atoms with Gasteiger partial charge in [0.2, 0.25) is 5.89 Å². The number of allylic oxidation sites excluding steroid dienone is 1. The summed E-state index contributed by atoms with van der Waals surface area (Å²) < 4.78 is 5.43. The van der Waals surface area contributed by atoms with Crippen molar-refractivity contribution in [2.45, 2.75) is 64.7 Å². The molecule has 0 unspecified atom stereocenters. The van der Waals surface area contributed by atoms with Crippen LogP contribution in [0.15, 0.2) is 15.3 Å². The average molecular weight is 261 g/mol. The Morgan fingerprint density at radius 2 is 1.79 bits per heavy atom. The molecule has 1 saturated carbocycles. The van der Waals surface area contributed by atoms with Crippen LogP contribution in [0.4, 0.5) is 0 Å².